The average molecular weight is 376 g/mol. The lowest BCUT2D eigenvalue weighted by Gasteiger charge is -2.10. The molecule has 0 spiro atoms. The Labute approximate surface area is 152 Å². The van der Waals surface area contributed by atoms with Gasteiger partial charge >= 0.3 is 6.18 Å². The van der Waals surface area contributed by atoms with Crippen molar-refractivity contribution in [3.05, 3.63) is 72.1 Å². The highest BCUT2D eigenvalue weighted by Gasteiger charge is 2.30. The molecule has 0 unspecified atom stereocenters. The second-order valence-corrected chi connectivity index (χ2v) is 5.66. The number of halogens is 3. The molecule has 0 aliphatic heterocycles. The van der Waals surface area contributed by atoms with Crippen LogP contribution in [0.4, 0.5) is 13.2 Å². The summed E-state index contributed by atoms with van der Waals surface area (Å²) in [7, 11) is 0. The number of aromatic nitrogens is 2. The summed E-state index contributed by atoms with van der Waals surface area (Å²) in [4.78, 5) is 7.95. The summed E-state index contributed by atoms with van der Waals surface area (Å²) >= 11 is 0. The lowest BCUT2D eigenvalue weighted by molar-refractivity contribution is -0.137. The van der Waals surface area contributed by atoms with E-state index in [1.54, 1.807) is 42.5 Å². The van der Waals surface area contributed by atoms with Gasteiger partial charge in [0, 0.05) is 17.8 Å². The van der Waals surface area contributed by atoms with E-state index in [0.717, 1.165) is 17.7 Å². The molecule has 0 radical (unpaired) electrons. The Morgan fingerprint density at radius 1 is 1.00 bits per heavy atom. The van der Waals surface area contributed by atoms with Crippen molar-refractivity contribution in [3.8, 4) is 22.9 Å². The summed E-state index contributed by atoms with van der Waals surface area (Å²) in [5.74, 6) is 0.444. The Balaban J connectivity index is 1.74. The van der Waals surface area contributed by atoms with E-state index in [1.807, 2.05) is 0 Å². The van der Waals surface area contributed by atoms with Crippen LogP contribution in [0.3, 0.4) is 0 Å². The SMILES string of the molecule is OC[C@H](O)c1cccc(-c2ccc(Oc3ccc(C(F)(F)F)cn3)cc2)n1. The molecule has 2 aromatic heterocycles. The van der Waals surface area contributed by atoms with Gasteiger partial charge in [0.25, 0.3) is 0 Å². The summed E-state index contributed by atoms with van der Waals surface area (Å²) in [5, 5.41) is 18.7. The van der Waals surface area contributed by atoms with Gasteiger partial charge in [-0.2, -0.15) is 13.2 Å². The first kappa shape index (κ1) is 18.8. The lowest BCUT2D eigenvalue weighted by atomic mass is 10.1. The van der Waals surface area contributed by atoms with Crippen molar-refractivity contribution in [1.29, 1.82) is 0 Å². The number of benzene rings is 1. The molecule has 3 rings (SSSR count). The molecule has 0 amide bonds. The Bertz CT molecular complexity index is 897. The first-order valence-electron chi connectivity index (χ1n) is 7.94. The second-order valence-electron chi connectivity index (χ2n) is 5.66. The first-order valence-corrected chi connectivity index (χ1v) is 7.94. The van der Waals surface area contributed by atoms with Crippen LogP contribution in [-0.4, -0.2) is 26.8 Å². The molecule has 5 nitrogen and oxygen atoms in total. The van der Waals surface area contributed by atoms with Gasteiger partial charge in [0.1, 0.15) is 11.9 Å². The third kappa shape index (κ3) is 4.60. The van der Waals surface area contributed by atoms with E-state index < -0.39 is 24.5 Å². The normalized spacial score (nSPS) is 12.6. The van der Waals surface area contributed by atoms with Crippen LogP contribution >= 0.6 is 0 Å². The summed E-state index contributed by atoms with van der Waals surface area (Å²) in [6.45, 7) is -0.427. The van der Waals surface area contributed by atoms with Crippen molar-refractivity contribution < 1.29 is 28.1 Å². The molecule has 2 heterocycles. The minimum atomic E-state index is -4.45. The Hall–Kier alpha value is -2.97. The number of aliphatic hydroxyl groups excluding tert-OH is 2. The highest BCUT2D eigenvalue weighted by atomic mass is 19.4. The van der Waals surface area contributed by atoms with E-state index >= 15 is 0 Å². The Kier molecular flexibility index (Phi) is 5.38. The van der Waals surface area contributed by atoms with Gasteiger partial charge in [-0.1, -0.05) is 6.07 Å². The fourth-order valence-electron chi connectivity index (χ4n) is 2.31. The maximum absolute atomic E-state index is 12.5. The molecule has 0 bridgehead atoms. The number of nitrogens with zero attached hydrogens (tertiary/aromatic N) is 2. The molecule has 0 aliphatic carbocycles. The quantitative estimate of drug-likeness (QED) is 0.705. The number of hydrogen-bond donors (Lipinski definition) is 2. The highest BCUT2D eigenvalue weighted by Crippen LogP contribution is 2.30. The van der Waals surface area contributed by atoms with Gasteiger partial charge in [-0.15, -0.1) is 0 Å². The molecule has 27 heavy (non-hydrogen) atoms. The van der Waals surface area contributed by atoms with E-state index in [9.17, 15) is 18.3 Å². The van der Waals surface area contributed by atoms with E-state index in [0.29, 0.717) is 23.3 Å². The van der Waals surface area contributed by atoms with Crippen LogP contribution in [0.5, 0.6) is 11.6 Å². The molecule has 0 saturated heterocycles. The van der Waals surface area contributed by atoms with Crippen molar-refractivity contribution in [2.45, 2.75) is 12.3 Å². The molecule has 140 valence electrons. The van der Waals surface area contributed by atoms with E-state index in [4.69, 9.17) is 9.84 Å². The summed E-state index contributed by atoms with van der Waals surface area (Å²) in [5.41, 5.74) is 0.847. The molecule has 0 fully saturated rings. The molecule has 8 heteroatoms. The largest absolute Gasteiger partial charge is 0.439 e. The second kappa shape index (κ2) is 7.73. The Morgan fingerprint density at radius 3 is 2.33 bits per heavy atom. The van der Waals surface area contributed by atoms with E-state index in [2.05, 4.69) is 9.97 Å². The van der Waals surface area contributed by atoms with Crippen LogP contribution in [0.25, 0.3) is 11.3 Å². The fourth-order valence-corrected chi connectivity index (χ4v) is 2.31. The minimum absolute atomic E-state index is 0.0435. The summed E-state index contributed by atoms with van der Waals surface area (Å²) < 4.78 is 43.1. The average Bonchev–Trinajstić information content (AvgIpc) is 2.68. The van der Waals surface area contributed by atoms with E-state index in [1.165, 1.54) is 0 Å². The molecule has 1 aromatic carbocycles. The van der Waals surface area contributed by atoms with Crippen LogP contribution < -0.4 is 4.74 Å². The minimum Gasteiger partial charge on any atom is -0.439 e. The zero-order valence-corrected chi connectivity index (χ0v) is 13.9. The van der Waals surface area contributed by atoms with Crippen molar-refractivity contribution >= 4 is 0 Å². The van der Waals surface area contributed by atoms with Crippen molar-refractivity contribution in [2.24, 2.45) is 0 Å². The fraction of sp³-hybridized carbons (Fsp3) is 0.158. The van der Waals surface area contributed by atoms with Crippen LogP contribution in [0.15, 0.2) is 60.8 Å². The molecule has 0 saturated carbocycles. The van der Waals surface area contributed by atoms with Gasteiger partial charge in [0.05, 0.1) is 23.6 Å². The first-order chi connectivity index (χ1) is 12.9. The summed E-state index contributed by atoms with van der Waals surface area (Å²) in [6, 6.07) is 13.8. The van der Waals surface area contributed by atoms with Gasteiger partial charge in [0.2, 0.25) is 5.88 Å². The predicted octanol–water partition coefficient (Wildman–Crippen LogP) is 3.98. The van der Waals surface area contributed by atoms with Crippen LogP contribution in [-0.2, 0) is 6.18 Å². The number of pyridine rings is 2. The van der Waals surface area contributed by atoms with Gasteiger partial charge < -0.3 is 14.9 Å². The van der Waals surface area contributed by atoms with Crippen LogP contribution in [0.2, 0.25) is 0 Å². The van der Waals surface area contributed by atoms with Gasteiger partial charge in [-0.05, 0) is 42.5 Å². The maximum atomic E-state index is 12.5. The highest BCUT2D eigenvalue weighted by molar-refractivity contribution is 5.60. The molecular weight excluding hydrogens is 361 g/mol. The zero-order chi connectivity index (χ0) is 19.4. The third-order valence-electron chi connectivity index (χ3n) is 3.72. The maximum Gasteiger partial charge on any atom is 0.417 e. The number of alkyl halides is 3. The predicted molar refractivity (Wildman–Crippen MR) is 91.0 cm³/mol. The molecular formula is C19H15F3N2O3. The van der Waals surface area contributed by atoms with Crippen molar-refractivity contribution in [2.75, 3.05) is 6.61 Å². The van der Waals surface area contributed by atoms with Crippen molar-refractivity contribution in [1.82, 2.24) is 9.97 Å². The monoisotopic (exact) mass is 376 g/mol. The summed E-state index contributed by atoms with van der Waals surface area (Å²) in [6.07, 6.45) is -4.79. The lowest BCUT2D eigenvalue weighted by Crippen LogP contribution is -2.05. The number of hydrogen-bond acceptors (Lipinski definition) is 5. The third-order valence-corrected chi connectivity index (χ3v) is 3.72. The van der Waals surface area contributed by atoms with Gasteiger partial charge in [-0.25, -0.2) is 9.97 Å². The van der Waals surface area contributed by atoms with Crippen LogP contribution in [0, 0.1) is 0 Å². The number of ether oxygens (including phenoxy) is 1. The van der Waals surface area contributed by atoms with Crippen molar-refractivity contribution in [3.63, 3.8) is 0 Å². The molecule has 2 N–H and O–H groups in total. The molecule has 0 aliphatic rings. The van der Waals surface area contributed by atoms with Crippen LogP contribution in [0.1, 0.15) is 17.4 Å². The van der Waals surface area contributed by atoms with Gasteiger partial charge in [-0.3, -0.25) is 0 Å². The Morgan fingerprint density at radius 2 is 1.74 bits per heavy atom. The molecule has 1 atom stereocenters. The molecule has 3 aromatic rings. The number of rotatable bonds is 5. The van der Waals surface area contributed by atoms with E-state index in [-0.39, 0.29) is 5.88 Å². The topological polar surface area (TPSA) is 75.5 Å². The number of aliphatic hydroxyl groups is 2. The zero-order valence-electron chi connectivity index (χ0n) is 13.9. The smallest absolute Gasteiger partial charge is 0.417 e. The van der Waals surface area contributed by atoms with Gasteiger partial charge in [0.15, 0.2) is 0 Å². The standard InChI is InChI=1S/C19H15F3N2O3/c20-19(21,22)13-6-9-18(23-10-13)27-14-7-4-12(5-8-14)15-2-1-3-16(24-15)17(26)11-25/h1-10,17,25-26H,11H2/t17-/m0/s1.